The number of rotatable bonds is 0. The van der Waals surface area contributed by atoms with Gasteiger partial charge in [-0.1, -0.05) is 135 Å². The predicted molar refractivity (Wildman–Crippen MR) is 182 cm³/mol. The van der Waals surface area contributed by atoms with E-state index in [4.69, 9.17) is 0 Å². The van der Waals surface area contributed by atoms with Crippen LogP contribution in [0.2, 0.25) is 0 Å². The zero-order valence-corrected chi connectivity index (χ0v) is 27.8. The fourth-order valence-corrected chi connectivity index (χ4v) is 4.10. The van der Waals surface area contributed by atoms with Crippen molar-refractivity contribution in [3.05, 3.63) is 141 Å². The van der Waals surface area contributed by atoms with Crippen molar-refractivity contribution in [1.29, 1.82) is 0 Å². The summed E-state index contributed by atoms with van der Waals surface area (Å²) in [5.41, 5.74) is 8.68. The van der Waals surface area contributed by atoms with Crippen LogP contribution in [0.1, 0.15) is 85.5 Å². The van der Waals surface area contributed by atoms with Crippen molar-refractivity contribution in [2.75, 3.05) is 0 Å². The molecular weight excluding hydrogens is 518 g/mol. The maximum Gasteiger partial charge on any atom is 0.126 e. The highest BCUT2D eigenvalue weighted by Crippen LogP contribution is 2.27. The first-order chi connectivity index (χ1) is 19.8. The summed E-state index contributed by atoms with van der Waals surface area (Å²) >= 11 is 0. The van der Waals surface area contributed by atoms with Gasteiger partial charge in [-0.05, 0) is 102 Å². The quantitative estimate of drug-likeness (QED) is 0.196. The average Bonchev–Trinajstić information content (AvgIpc) is 2.95. The Kier molecular flexibility index (Phi) is 17.3. The van der Waals surface area contributed by atoms with Gasteiger partial charge in [0.25, 0.3) is 0 Å². The molecule has 0 saturated heterocycles. The van der Waals surface area contributed by atoms with Crippen LogP contribution in [0.3, 0.4) is 0 Å². The van der Waals surface area contributed by atoms with Crippen molar-refractivity contribution in [2.45, 2.75) is 94.9 Å². The summed E-state index contributed by atoms with van der Waals surface area (Å²) in [6.07, 6.45) is 5.89. The molecule has 5 rings (SSSR count). The van der Waals surface area contributed by atoms with Gasteiger partial charge < -0.3 is 0 Å². The second-order valence-electron chi connectivity index (χ2n) is 12.2. The van der Waals surface area contributed by atoms with Crippen LogP contribution in [-0.4, -0.2) is 0 Å². The third kappa shape index (κ3) is 16.9. The number of aryl methyl sites for hydroxylation is 8. The molecule has 0 unspecified atom stereocenters. The van der Waals surface area contributed by atoms with Crippen LogP contribution in [0.5, 0.6) is 0 Å². The Morgan fingerprint density at radius 1 is 0.405 bits per heavy atom. The SMILES string of the molecule is CC1CCC(C)CC1.Cc1ccc(C)c(F)c1.Cc1ccc(C)c(F)c1.Cc1ccc(C)cc1.Cc1ccc(C)cc1.[HH]. The van der Waals surface area contributed by atoms with E-state index in [0.717, 1.165) is 23.0 Å². The zero-order chi connectivity index (χ0) is 31.7. The van der Waals surface area contributed by atoms with Crippen molar-refractivity contribution in [3.8, 4) is 0 Å². The zero-order valence-electron chi connectivity index (χ0n) is 27.8. The molecule has 230 valence electrons. The summed E-state index contributed by atoms with van der Waals surface area (Å²) in [7, 11) is 0. The van der Waals surface area contributed by atoms with E-state index < -0.39 is 0 Å². The summed E-state index contributed by atoms with van der Waals surface area (Å²) in [5, 5.41) is 0. The number of halogens is 2. The molecule has 0 atom stereocenters. The first kappa shape index (κ1) is 36.8. The van der Waals surface area contributed by atoms with Gasteiger partial charge >= 0.3 is 0 Å². The summed E-state index contributed by atoms with van der Waals surface area (Å²) in [4.78, 5) is 0. The molecule has 2 heteroatoms. The second kappa shape index (κ2) is 19.8. The van der Waals surface area contributed by atoms with Crippen LogP contribution < -0.4 is 0 Å². The average molecular weight is 575 g/mol. The van der Waals surface area contributed by atoms with Crippen molar-refractivity contribution in [3.63, 3.8) is 0 Å². The molecule has 0 aliphatic heterocycles. The molecule has 0 aromatic heterocycles. The van der Waals surface area contributed by atoms with E-state index in [1.807, 2.05) is 26.0 Å². The van der Waals surface area contributed by atoms with Crippen LogP contribution in [-0.2, 0) is 0 Å². The van der Waals surface area contributed by atoms with Crippen molar-refractivity contribution in [2.24, 2.45) is 11.8 Å². The molecule has 4 aromatic rings. The highest BCUT2D eigenvalue weighted by Gasteiger charge is 2.13. The highest BCUT2D eigenvalue weighted by atomic mass is 19.1. The molecule has 0 bridgehead atoms. The molecular formula is C40H56F2. The lowest BCUT2D eigenvalue weighted by Gasteiger charge is -2.22. The smallest absolute Gasteiger partial charge is 0.126 e. The Hall–Kier alpha value is -3.26. The maximum atomic E-state index is 12.6. The third-order valence-electron chi connectivity index (χ3n) is 7.40. The van der Waals surface area contributed by atoms with E-state index in [1.54, 1.807) is 26.0 Å². The van der Waals surface area contributed by atoms with Crippen LogP contribution in [0.15, 0.2) is 84.9 Å². The van der Waals surface area contributed by atoms with E-state index in [1.165, 1.54) is 60.1 Å². The lowest BCUT2D eigenvalue weighted by Crippen LogP contribution is -2.08. The van der Waals surface area contributed by atoms with Gasteiger partial charge in [-0.3, -0.25) is 0 Å². The van der Waals surface area contributed by atoms with Gasteiger partial charge in [0.1, 0.15) is 11.6 Å². The summed E-state index contributed by atoms with van der Waals surface area (Å²) < 4.78 is 25.2. The van der Waals surface area contributed by atoms with E-state index in [-0.39, 0.29) is 13.1 Å². The Morgan fingerprint density at radius 2 is 0.619 bits per heavy atom. The van der Waals surface area contributed by atoms with Gasteiger partial charge in [-0.2, -0.15) is 0 Å². The molecule has 0 heterocycles. The van der Waals surface area contributed by atoms with Gasteiger partial charge in [-0.25, -0.2) is 8.78 Å². The molecule has 1 aliphatic rings. The molecule has 4 aromatic carbocycles. The van der Waals surface area contributed by atoms with Crippen LogP contribution in [0.4, 0.5) is 8.78 Å². The highest BCUT2D eigenvalue weighted by molar-refractivity contribution is 5.23. The minimum absolute atomic E-state index is 0. The number of benzene rings is 4. The minimum Gasteiger partial charge on any atom is -0.207 e. The minimum atomic E-state index is -0.116. The molecule has 1 saturated carbocycles. The lowest BCUT2D eigenvalue weighted by molar-refractivity contribution is 0.308. The second-order valence-corrected chi connectivity index (χ2v) is 12.2. The lowest BCUT2D eigenvalue weighted by atomic mass is 9.84. The third-order valence-corrected chi connectivity index (χ3v) is 7.40. The Labute approximate surface area is 257 Å². The van der Waals surface area contributed by atoms with E-state index in [2.05, 4.69) is 90.1 Å². The van der Waals surface area contributed by atoms with Crippen LogP contribution >= 0.6 is 0 Å². The molecule has 0 radical (unpaired) electrons. The monoisotopic (exact) mass is 574 g/mol. The topological polar surface area (TPSA) is 0 Å². The Morgan fingerprint density at radius 3 is 0.810 bits per heavy atom. The van der Waals surface area contributed by atoms with E-state index in [0.29, 0.717) is 11.1 Å². The number of hydrogen-bond acceptors (Lipinski definition) is 0. The Balaban J connectivity index is 0.000000510. The normalized spacial score (nSPS) is 15.2. The molecule has 0 nitrogen and oxygen atoms in total. The Bertz CT molecular complexity index is 1140. The van der Waals surface area contributed by atoms with Crippen LogP contribution in [0, 0.1) is 78.9 Å². The number of hydrogen-bond donors (Lipinski definition) is 0. The van der Waals surface area contributed by atoms with Crippen LogP contribution in [0.25, 0.3) is 0 Å². The van der Waals surface area contributed by atoms with Gasteiger partial charge in [0.15, 0.2) is 0 Å². The van der Waals surface area contributed by atoms with Gasteiger partial charge in [-0.15, -0.1) is 0 Å². The van der Waals surface area contributed by atoms with Gasteiger partial charge in [0.05, 0.1) is 0 Å². The molecule has 0 N–H and O–H groups in total. The molecule has 42 heavy (non-hydrogen) atoms. The molecule has 0 amide bonds. The van der Waals surface area contributed by atoms with E-state index in [9.17, 15) is 8.78 Å². The summed E-state index contributed by atoms with van der Waals surface area (Å²) in [6.45, 7) is 20.4. The standard InChI is InChI=1S/2C8H9F.C8H16.2C8H10.H2/c2*1-6-3-4-7(2)8(9)5-6;3*1-7-3-5-8(2)6-4-7;/h2*3-5H,1-2H3;7-8H,3-6H2,1-2H3;2*3-6H,1-2H3;1H. The largest absolute Gasteiger partial charge is 0.207 e. The first-order valence-corrected chi connectivity index (χ1v) is 15.3. The molecule has 0 spiro atoms. The van der Waals surface area contributed by atoms with E-state index >= 15 is 0 Å². The first-order valence-electron chi connectivity index (χ1n) is 15.3. The van der Waals surface area contributed by atoms with Crippen molar-refractivity contribution >= 4 is 0 Å². The predicted octanol–water partition coefficient (Wildman–Crippen LogP) is 12.6. The molecule has 1 fully saturated rings. The van der Waals surface area contributed by atoms with Gasteiger partial charge in [0.2, 0.25) is 0 Å². The fraction of sp³-hybridized carbons (Fsp3) is 0.400. The summed E-state index contributed by atoms with van der Waals surface area (Å²) in [5.74, 6) is 1.81. The summed E-state index contributed by atoms with van der Waals surface area (Å²) in [6, 6.07) is 27.4. The maximum absolute atomic E-state index is 12.6. The van der Waals surface area contributed by atoms with Gasteiger partial charge in [0, 0.05) is 1.43 Å². The molecule has 1 aliphatic carbocycles. The fourth-order valence-electron chi connectivity index (χ4n) is 4.10. The van der Waals surface area contributed by atoms with Crippen molar-refractivity contribution in [1.82, 2.24) is 0 Å². The van der Waals surface area contributed by atoms with Crippen molar-refractivity contribution < 1.29 is 10.2 Å².